The molecule has 18 heavy (non-hydrogen) atoms. The number of rotatable bonds is 5. The average Bonchev–Trinajstić information content (AvgIpc) is 2.90. The maximum Gasteiger partial charge on any atom is 0.249 e. The molecule has 1 amide bonds. The van der Waals surface area contributed by atoms with Crippen molar-refractivity contribution >= 4 is 5.91 Å². The van der Waals surface area contributed by atoms with Crippen molar-refractivity contribution in [3.63, 3.8) is 0 Å². The predicted octanol–water partition coefficient (Wildman–Crippen LogP) is 0.439. The molecule has 5 nitrogen and oxygen atoms in total. The number of hydrogen-bond acceptors (Lipinski definition) is 4. The van der Waals surface area contributed by atoms with Gasteiger partial charge in [-0.3, -0.25) is 4.79 Å². The van der Waals surface area contributed by atoms with Gasteiger partial charge in [0.1, 0.15) is 6.10 Å². The third-order valence-corrected chi connectivity index (χ3v) is 3.57. The van der Waals surface area contributed by atoms with Gasteiger partial charge in [0.2, 0.25) is 5.91 Å². The Labute approximate surface area is 109 Å². The molecular weight excluding hydrogens is 232 g/mol. The van der Waals surface area contributed by atoms with Crippen molar-refractivity contribution in [3.05, 3.63) is 0 Å². The van der Waals surface area contributed by atoms with E-state index in [2.05, 4.69) is 10.6 Å². The Morgan fingerprint density at radius 3 is 3.06 bits per heavy atom. The minimum Gasteiger partial charge on any atom is -0.376 e. The highest BCUT2D eigenvalue weighted by molar-refractivity contribution is 5.80. The molecule has 0 aromatic heterocycles. The van der Waals surface area contributed by atoms with Crippen molar-refractivity contribution in [3.8, 4) is 0 Å². The SMILES string of the molecule is CC(OCC1CCCO1)C(=O)N[C@H]1CCCNC1. The quantitative estimate of drug-likeness (QED) is 0.749. The molecule has 0 aromatic carbocycles. The van der Waals surface area contributed by atoms with Crippen molar-refractivity contribution in [1.29, 1.82) is 0 Å². The molecule has 2 unspecified atom stereocenters. The van der Waals surface area contributed by atoms with Gasteiger partial charge in [0.05, 0.1) is 12.7 Å². The van der Waals surface area contributed by atoms with Crippen LogP contribution in [-0.2, 0) is 14.3 Å². The van der Waals surface area contributed by atoms with Gasteiger partial charge in [-0.25, -0.2) is 0 Å². The topological polar surface area (TPSA) is 59.6 Å². The fourth-order valence-corrected chi connectivity index (χ4v) is 2.40. The Hall–Kier alpha value is -0.650. The van der Waals surface area contributed by atoms with E-state index in [0.717, 1.165) is 45.4 Å². The van der Waals surface area contributed by atoms with Crippen molar-refractivity contribution in [2.75, 3.05) is 26.3 Å². The average molecular weight is 256 g/mol. The monoisotopic (exact) mass is 256 g/mol. The predicted molar refractivity (Wildman–Crippen MR) is 68.4 cm³/mol. The third kappa shape index (κ3) is 4.23. The van der Waals surface area contributed by atoms with Gasteiger partial charge < -0.3 is 20.1 Å². The molecule has 3 atom stereocenters. The molecule has 0 spiro atoms. The second-order valence-electron chi connectivity index (χ2n) is 5.16. The summed E-state index contributed by atoms with van der Waals surface area (Å²) in [5.41, 5.74) is 0. The lowest BCUT2D eigenvalue weighted by Gasteiger charge is -2.25. The molecule has 0 aliphatic carbocycles. The molecule has 2 fully saturated rings. The van der Waals surface area contributed by atoms with Crippen molar-refractivity contribution < 1.29 is 14.3 Å². The minimum atomic E-state index is -0.392. The first-order valence-electron chi connectivity index (χ1n) is 7.00. The van der Waals surface area contributed by atoms with Crippen LogP contribution in [0.4, 0.5) is 0 Å². The fraction of sp³-hybridized carbons (Fsp3) is 0.923. The Kier molecular flexibility index (Phi) is 5.41. The molecule has 0 bridgehead atoms. The first kappa shape index (κ1) is 13.8. The van der Waals surface area contributed by atoms with E-state index < -0.39 is 6.10 Å². The second-order valence-corrected chi connectivity index (χ2v) is 5.16. The van der Waals surface area contributed by atoms with E-state index in [1.165, 1.54) is 0 Å². The highest BCUT2D eigenvalue weighted by atomic mass is 16.5. The van der Waals surface area contributed by atoms with Crippen LogP contribution in [0.25, 0.3) is 0 Å². The molecule has 0 aromatic rings. The van der Waals surface area contributed by atoms with Crippen LogP contribution in [0.3, 0.4) is 0 Å². The largest absolute Gasteiger partial charge is 0.376 e. The molecule has 2 aliphatic rings. The van der Waals surface area contributed by atoms with Crippen LogP contribution in [0, 0.1) is 0 Å². The molecule has 2 heterocycles. The number of piperidine rings is 1. The molecule has 2 saturated heterocycles. The van der Waals surface area contributed by atoms with Crippen LogP contribution in [0.1, 0.15) is 32.6 Å². The van der Waals surface area contributed by atoms with Gasteiger partial charge in [0.15, 0.2) is 0 Å². The first-order valence-corrected chi connectivity index (χ1v) is 7.00. The summed E-state index contributed by atoms with van der Waals surface area (Å²) in [6.45, 7) is 5.07. The molecule has 0 radical (unpaired) electrons. The summed E-state index contributed by atoms with van der Waals surface area (Å²) in [6.07, 6.45) is 4.10. The van der Waals surface area contributed by atoms with Crippen LogP contribution in [0.15, 0.2) is 0 Å². The van der Waals surface area contributed by atoms with Crippen molar-refractivity contribution in [1.82, 2.24) is 10.6 Å². The lowest BCUT2D eigenvalue weighted by atomic mass is 10.1. The number of carbonyl (C=O) groups excluding carboxylic acids is 1. The fourth-order valence-electron chi connectivity index (χ4n) is 2.40. The number of ether oxygens (including phenoxy) is 2. The molecule has 5 heteroatoms. The zero-order valence-corrected chi connectivity index (χ0v) is 11.1. The summed E-state index contributed by atoms with van der Waals surface area (Å²) in [7, 11) is 0. The van der Waals surface area contributed by atoms with E-state index >= 15 is 0 Å². The van der Waals surface area contributed by atoms with E-state index in [-0.39, 0.29) is 18.1 Å². The number of nitrogens with one attached hydrogen (secondary N) is 2. The third-order valence-electron chi connectivity index (χ3n) is 3.57. The van der Waals surface area contributed by atoms with Gasteiger partial charge in [0.25, 0.3) is 0 Å². The zero-order chi connectivity index (χ0) is 12.8. The standard InChI is InChI=1S/C13H24N2O3/c1-10(18-9-12-5-3-7-17-12)13(16)15-11-4-2-6-14-8-11/h10-12,14H,2-9H2,1H3,(H,15,16)/t10?,11-,12?/m0/s1. The van der Waals surface area contributed by atoms with Crippen LogP contribution >= 0.6 is 0 Å². The van der Waals surface area contributed by atoms with Crippen molar-refractivity contribution in [2.45, 2.75) is 50.9 Å². The Morgan fingerprint density at radius 2 is 2.39 bits per heavy atom. The van der Waals surface area contributed by atoms with Gasteiger partial charge >= 0.3 is 0 Å². The van der Waals surface area contributed by atoms with Gasteiger partial charge in [-0.15, -0.1) is 0 Å². The van der Waals surface area contributed by atoms with Gasteiger partial charge in [-0.2, -0.15) is 0 Å². The smallest absolute Gasteiger partial charge is 0.249 e. The van der Waals surface area contributed by atoms with E-state index in [9.17, 15) is 4.79 Å². The lowest BCUT2D eigenvalue weighted by Crippen LogP contribution is -2.48. The van der Waals surface area contributed by atoms with Gasteiger partial charge in [0, 0.05) is 19.2 Å². The number of hydrogen-bond donors (Lipinski definition) is 2. The Bertz CT molecular complexity index is 261. The summed E-state index contributed by atoms with van der Waals surface area (Å²) >= 11 is 0. The molecule has 2 rings (SSSR count). The van der Waals surface area contributed by atoms with Crippen LogP contribution < -0.4 is 10.6 Å². The highest BCUT2D eigenvalue weighted by Gasteiger charge is 2.22. The van der Waals surface area contributed by atoms with Crippen LogP contribution in [0.5, 0.6) is 0 Å². The van der Waals surface area contributed by atoms with E-state index in [1.807, 2.05) is 0 Å². The van der Waals surface area contributed by atoms with Gasteiger partial charge in [-0.1, -0.05) is 0 Å². The molecular formula is C13H24N2O3. The Morgan fingerprint density at radius 1 is 1.50 bits per heavy atom. The maximum atomic E-state index is 11.9. The maximum absolute atomic E-state index is 11.9. The van der Waals surface area contributed by atoms with E-state index in [4.69, 9.17) is 9.47 Å². The molecule has 2 N–H and O–H groups in total. The van der Waals surface area contributed by atoms with E-state index in [1.54, 1.807) is 6.92 Å². The summed E-state index contributed by atoms with van der Waals surface area (Å²) in [6, 6.07) is 0.250. The Balaban J connectivity index is 1.63. The minimum absolute atomic E-state index is 0.0123. The lowest BCUT2D eigenvalue weighted by molar-refractivity contribution is -0.134. The summed E-state index contributed by atoms with van der Waals surface area (Å²) in [4.78, 5) is 11.9. The molecule has 104 valence electrons. The van der Waals surface area contributed by atoms with Crippen LogP contribution in [-0.4, -0.2) is 50.5 Å². The van der Waals surface area contributed by atoms with Crippen molar-refractivity contribution in [2.24, 2.45) is 0 Å². The normalized spacial score (nSPS) is 30.1. The molecule has 0 saturated carbocycles. The summed E-state index contributed by atoms with van der Waals surface area (Å²) in [5, 5.41) is 6.31. The molecule has 2 aliphatic heterocycles. The number of amides is 1. The van der Waals surface area contributed by atoms with Crippen LogP contribution in [0.2, 0.25) is 0 Å². The summed E-state index contributed by atoms with van der Waals surface area (Å²) < 4.78 is 11.0. The highest BCUT2D eigenvalue weighted by Crippen LogP contribution is 2.12. The van der Waals surface area contributed by atoms with E-state index in [0.29, 0.717) is 6.61 Å². The van der Waals surface area contributed by atoms with Gasteiger partial charge in [-0.05, 0) is 39.2 Å². The second kappa shape index (κ2) is 7.07. The summed E-state index contributed by atoms with van der Waals surface area (Å²) in [5.74, 6) is -0.0123. The zero-order valence-electron chi connectivity index (χ0n) is 11.1. The number of carbonyl (C=O) groups is 1. The first-order chi connectivity index (χ1) is 8.75.